The Kier molecular flexibility index (Phi) is 7.36. The predicted octanol–water partition coefficient (Wildman–Crippen LogP) is 2.34. The number of hydrogen-bond acceptors (Lipinski definition) is 4. The van der Waals surface area contributed by atoms with E-state index in [2.05, 4.69) is 24.5 Å². The second-order valence-corrected chi connectivity index (χ2v) is 7.91. The van der Waals surface area contributed by atoms with Gasteiger partial charge in [0.15, 0.2) is 12.6 Å². The molecule has 160 valence electrons. The second-order valence-electron chi connectivity index (χ2n) is 7.91. The van der Waals surface area contributed by atoms with E-state index in [0.29, 0.717) is 24.4 Å². The van der Waals surface area contributed by atoms with E-state index in [1.807, 2.05) is 24.3 Å². The number of ether oxygens (including phenoxy) is 2. The van der Waals surface area contributed by atoms with Crippen LogP contribution in [-0.4, -0.2) is 43.8 Å². The molecule has 1 spiro atoms. The molecular weight excluding hydrogens is 368 g/mol. The number of carbonyl (C=O) groups excluding carboxylic acids is 1. The van der Waals surface area contributed by atoms with Crippen LogP contribution < -0.4 is 21.1 Å². The highest BCUT2D eigenvalue weighted by atomic mass is 16.5. The first-order chi connectivity index (χ1) is 14.1. The zero-order valence-corrected chi connectivity index (χ0v) is 17.6. The maximum Gasteiger partial charge on any atom is 0.255 e. The number of primary amides is 1. The highest BCUT2D eigenvalue weighted by Gasteiger charge is 2.56. The van der Waals surface area contributed by atoms with Crippen molar-refractivity contribution in [1.82, 2.24) is 10.6 Å². The van der Waals surface area contributed by atoms with E-state index in [1.165, 1.54) is 25.7 Å². The molecular formula is C22H34N4O3. The molecule has 3 rings (SSSR count). The molecule has 2 aliphatic carbocycles. The average molecular weight is 403 g/mol. The van der Waals surface area contributed by atoms with Gasteiger partial charge in [-0.05, 0) is 50.8 Å². The van der Waals surface area contributed by atoms with Crippen molar-refractivity contribution in [3.8, 4) is 5.75 Å². The fourth-order valence-electron chi connectivity index (χ4n) is 4.63. The smallest absolute Gasteiger partial charge is 0.255 e. The highest BCUT2D eigenvalue weighted by Crippen LogP contribution is 2.54. The Balaban J connectivity index is 1.63. The molecule has 1 aromatic carbocycles. The molecule has 2 fully saturated rings. The van der Waals surface area contributed by atoms with Gasteiger partial charge in [0.2, 0.25) is 0 Å². The van der Waals surface area contributed by atoms with Crippen molar-refractivity contribution in [2.45, 2.75) is 64.6 Å². The first-order valence-corrected chi connectivity index (χ1v) is 10.7. The van der Waals surface area contributed by atoms with Crippen molar-refractivity contribution >= 4 is 11.9 Å². The molecule has 1 amide bonds. The Morgan fingerprint density at radius 1 is 1.31 bits per heavy atom. The summed E-state index contributed by atoms with van der Waals surface area (Å²) in [4.78, 5) is 15.7. The number of amides is 1. The van der Waals surface area contributed by atoms with Crippen LogP contribution in [0.25, 0.3) is 0 Å². The number of guanidine groups is 1. The minimum absolute atomic E-state index is 0.123. The summed E-state index contributed by atoms with van der Waals surface area (Å²) in [6, 6.07) is 8.00. The van der Waals surface area contributed by atoms with Crippen molar-refractivity contribution in [2.24, 2.45) is 16.1 Å². The fourth-order valence-corrected chi connectivity index (χ4v) is 4.63. The van der Waals surface area contributed by atoms with E-state index >= 15 is 0 Å². The third-order valence-electron chi connectivity index (χ3n) is 6.04. The molecule has 2 unspecified atom stereocenters. The average Bonchev–Trinajstić information content (AvgIpc) is 3.23. The number of aliphatic imine (C=N–C) groups is 1. The van der Waals surface area contributed by atoms with Gasteiger partial charge in [-0.2, -0.15) is 0 Å². The van der Waals surface area contributed by atoms with Crippen LogP contribution in [0.15, 0.2) is 29.3 Å². The van der Waals surface area contributed by atoms with Crippen LogP contribution in [0.3, 0.4) is 0 Å². The maximum atomic E-state index is 10.9. The maximum absolute atomic E-state index is 10.9. The fraction of sp³-hybridized carbons (Fsp3) is 0.636. The van der Waals surface area contributed by atoms with Crippen LogP contribution in [0, 0.1) is 5.41 Å². The lowest BCUT2D eigenvalue weighted by molar-refractivity contribution is -0.125. The van der Waals surface area contributed by atoms with Crippen LogP contribution >= 0.6 is 0 Å². The standard InChI is InChI=1S/C22H34N4O3/c1-3-24-21(25-14-16-8-7-9-17(12-16)29-15-20(23)27)26-18-13-19(28-4-2)22(18)10-5-6-11-22/h7-9,12,18-19H,3-6,10-11,13-15H2,1-2H3,(H2,23,27)(H2,24,25,26). The summed E-state index contributed by atoms with van der Waals surface area (Å²) in [7, 11) is 0. The van der Waals surface area contributed by atoms with Crippen LogP contribution in [0.4, 0.5) is 0 Å². The molecule has 0 radical (unpaired) electrons. The molecule has 2 atom stereocenters. The second kappa shape index (κ2) is 9.96. The third kappa shape index (κ3) is 5.21. The van der Waals surface area contributed by atoms with Crippen molar-refractivity contribution in [3.05, 3.63) is 29.8 Å². The number of benzene rings is 1. The van der Waals surface area contributed by atoms with Gasteiger partial charge in [-0.3, -0.25) is 4.79 Å². The van der Waals surface area contributed by atoms with Crippen molar-refractivity contribution in [3.63, 3.8) is 0 Å². The van der Waals surface area contributed by atoms with E-state index in [-0.39, 0.29) is 12.0 Å². The van der Waals surface area contributed by atoms with E-state index in [4.69, 9.17) is 20.2 Å². The monoisotopic (exact) mass is 402 g/mol. The predicted molar refractivity (Wildman–Crippen MR) is 114 cm³/mol. The minimum atomic E-state index is -0.487. The van der Waals surface area contributed by atoms with Crippen molar-refractivity contribution in [1.29, 1.82) is 0 Å². The Hall–Kier alpha value is -2.28. The van der Waals surface area contributed by atoms with Gasteiger partial charge in [-0.25, -0.2) is 4.99 Å². The van der Waals surface area contributed by atoms with Crippen LogP contribution in [-0.2, 0) is 16.1 Å². The SMILES string of the molecule is CCNC(=NCc1cccc(OCC(N)=O)c1)NC1CC(OCC)C12CCCC2. The van der Waals surface area contributed by atoms with Gasteiger partial charge in [-0.15, -0.1) is 0 Å². The first kappa shape index (κ1) is 21.4. The Bertz CT molecular complexity index is 716. The summed E-state index contributed by atoms with van der Waals surface area (Å²) in [6.07, 6.45) is 6.44. The van der Waals surface area contributed by atoms with E-state index in [1.54, 1.807) is 0 Å². The number of rotatable bonds is 9. The molecule has 0 saturated heterocycles. The summed E-state index contributed by atoms with van der Waals surface area (Å²) in [5.74, 6) is 0.971. The minimum Gasteiger partial charge on any atom is -0.484 e. The van der Waals surface area contributed by atoms with E-state index in [0.717, 1.165) is 31.1 Å². The lowest BCUT2D eigenvalue weighted by Gasteiger charge is -2.54. The number of nitrogens with one attached hydrogen (secondary N) is 2. The van der Waals surface area contributed by atoms with Gasteiger partial charge in [0, 0.05) is 24.6 Å². The molecule has 1 aromatic rings. The van der Waals surface area contributed by atoms with Gasteiger partial charge in [0.25, 0.3) is 5.91 Å². The molecule has 29 heavy (non-hydrogen) atoms. The molecule has 0 aromatic heterocycles. The zero-order chi connectivity index (χ0) is 20.7. The molecule has 4 N–H and O–H groups in total. The first-order valence-electron chi connectivity index (χ1n) is 10.7. The summed E-state index contributed by atoms with van der Waals surface area (Å²) in [5.41, 5.74) is 6.41. The number of hydrogen-bond donors (Lipinski definition) is 3. The molecule has 2 aliphatic rings. The molecule has 0 heterocycles. The van der Waals surface area contributed by atoms with Gasteiger partial charge < -0.3 is 25.8 Å². The normalized spacial score (nSPS) is 22.9. The van der Waals surface area contributed by atoms with E-state index in [9.17, 15) is 4.79 Å². The van der Waals surface area contributed by atoms with Crippen LogP contribution in [0.2, 0.25) is 0 Å². The highest BCUT2D eigenvalue weighted by molar-refractivity contribution is 5.80. The lowest BCUT2D eigenvalue weighted by atomic mass is 9.60. The summed E-state index contributed by atoms with van der Waals surface area (Å²) < 4.78 is 11.4. The van der Waals surface area contributed by atoms with Crippen molar-refractivity contribution < 1.29 is 14.3 Å². The lowest BCUT2D eigenvalue weighted by Crippen LogP contribution is -2.65. The van der Waals surface area contributed by atoms with Gasteiger partial charge in [0.05, 0.1) is 12.6 Å². The van der Waals surface area contributed by atoms with Crippen LogP contribution in [0.1, 0.15) is 51.5 Å². The van der Waals surface area contributed by atoms with Crippen LogP contribution in [0.5, 0.6) is 5.75 Å². The topological polar surface area (TPSA) is 98.0 Å². The number of carbonyl (C=O) groups is 1. The van der Waals surface area contributed by atoms with Gasteiger partial charge in [0.1, 0.15) is 5.75 Å². The van der Waals surface area contributed by atoms with E-state index < -0.39 is 5.91 Å². The summed E-state index contributed by atoms with van der Waals surface area (Å²) in [5, 5.41) is 7.03. The summed E-state index contributed by atoms with van der Waals surface area (Å²) in [6.45, 7) is 6.14. The number of nitrogens with two attached hydrogens (primary N) is 1. The number of nitrogens with zero attached hydrogens (tertiary/aromatic N) is 1. The Morgan fingerprint density at radius 3 is 2.79 bits per heavy atom. The Morgan fingerprint density at radius 2 is 2.10 bits per heavy atom. The summed E-state index contributed by atoms with van der Waals surface area (Å²) >= 11 is 0. The third-order valence-corrected chi connectivity index (χ3v) is 6.04. The molecule has 7 nitrogen and oxygen atoms in total. The zero-order valence-electron chi connectivity index (χ0n) is 17.6. The van der Waals surface area contributed by atoms with Gasteiger partial charge >= 0.3 is 0 Å². The molecule has 7 heteroatoms. The molecule has 0 aliphatic heterocycles. The van der Waals surface area contributed by atoms with Gasteiger partial charge in [-0.1, -0.05) is 25.0 Å². The molecule has 2 saturated carbocycles. The molecule has 0 bridgehead atoms. The largest absolute Gasteiger partial charge is 0.484 e. The quantitative estimate of drug-likeness (QED) is 0.435. The Labute approximate surface area is 173 Å². The van der Waals surface area contributed by atoms with Crippen molar-refractivity contribution in [2.75, 3.05) is 19.8 Å².